The highest BCUT2D eigenvalue weighted by Gasteiger charge is 2.25. The molecule has 11 heteroatoms. The van der Waals surface area contributed by atoms with Crippen LogP contribution in [0, 0.1) is 16.4 Å². The largest absolute Gasteiger partial charge is 0.481 e. The molecule has 0 fully saturated rings. The minimum Gasteiger partial charge on any atom is -0.481 e. The SMILES string of the molecule is Cl.N[C@@H](CC(=O)O)C(=O)NCc1c[nH]c(=S)n1C1CCc2c(F)cc(F)cc2C1. The van der Waals surface area contributed by atoms with E-state index >= 15 is 0 Å². The van der Waals surface area contributed by atoms with Crippen LogP contribution in [0.2, 0.25) is 0 Å². The Morgan fingerprint density at radius 1 is 1.41 bits per heavy atom. The van der Waals surface area contributed by atoms with Gasteiger partial charge in [0.2, 0.25) is 5.91 Å². The van der Waals surface area contributed by atoms with E-state index in [0.29, 0.717) is 40.9 Å². The Morgan fingerprint density at radius 3 is 2.83 bits per heavy atom. The predicted octanol–water partition coefficient (Wildman–Crippen LogP) is 2.39. The van der Waals surface area contributed by atoms with Gasteiger partial charge < -0.3 is 25.7 Å². The first-order valence-electron chi connectivity index (χ1n) is 8.77. The lowest BCUT2D eigenvalue weighted by Crippen LogP contribution is -2.41. The summed E-state index contributed by atoms with van der Waals surface area (Å²) in [7, 11) is 0. The van der Waals surface area contributed by atoms with E-state index in [1.54, 1.807) is 6.20 Å². The first-order chi connectivity index (χ1) is 13.3. The number of hydrogen-bond acceptors (Lipinski definition) is 4. The molecule has 2 atom stereocenters. The number of H-pyrrole nitrogens is 1. The second kappa shape index (κ2) is 9.47. The molecule has 158 valence electrons. The number of halogens is 3. The Labute approximate surface area is 176 Å². The molecule has 1 unspecified atom stereocenters. The number of carbonyl (C=O) groups is 2. The van der Waals surface area contributed by atoms with Crippen molar-refractivity contribution in [3.63, 3.8) is 0 Å². The number of carboxylic acids is 1. The minimum atomic E-state index is -1.16. The van der Waals surface area contributed by atoms with Crippen LogP contribution in [0.4, 0.5) is 8.78 Å². The van der Waals surface area contributed by atoms with Crippen molar-refractivity contribution < 1.29 is 23.5 Å². The van der Waals surface area contributed by atoms with Crippen molar-refractivity contribution in [3.05, 3.63) is 51.6 Å². The smallest absolute Gasteiger partial charge is 0.305 e. The number of aromatic nitrogens is 2. The fourth-order valence-electron chi connectivity index (χ4n) is 3.55. The molecule has 0 spiro atoms. The van der Waals surface area contributed by atoms with Crippen LogP contribution in [0.15, 0.2) is 18.3 Å². The van der Waals surface area contributed by atoms with Crippen LogP contribution in [0.3, 0.4) is 0 Å². The van der Waals surface area contributed by atoms with Gasteiger partial charge in [0.25, 0.3) is 0 Å². The van der Waals surface area contributed by atoms with E-state index in [0.717, 1.165) is 6.07 Å². The standard InChI is InChI=1S/C18H20F2N4O3S.ClH/c19-10-3-9-4-11(1-2-13(9)14(20)5-10)24-12(8-23-18(24)28)7-22-17(27)15(21)6-16(25)26;/h3,5,8,11,15H,1-2,4,6-7,21H2,(H,22,27)(H,23,28)(H,25,26);1H/t11?,15-;/m0./s1. The highest BCUT2D eigenvalue weighted by atomic mass is 35.5. The van der Waals surface area contributed by atoms with Crippen molar-refractivity contribution in [1.29, 1.82) is 0 Å². The molecule has 0 aliphatic heterocycles. The van der Waals surface area contributed by atoms with E-state index in [1.165, 1.54) is 6.07 Å². The normalized spacial score (nSPS) is 16.4. The molecule has 7 nitrogen and oxygen atoms in total. The average molecular weight is 447 g/mol. The van der Waals surface area contributed by atoms with Gasteiger partial charge in [-0.2, -0.15) is 0 Å². The quantitative estimate of drug-likeness (QED) is 0.509. The zero-order valence-corrected chi connectivity index (χ0v) is 16.9. The Bertz CT molecular complexity index is 979. The Kier molecular flexibility index (Phi) is 7.50. The number of carbonyl (C=O) groups excluding carboxylic acids is 1. The molecule has 1 aliphatic carbocycles. The van der Waals surface area contributed by atoms with Crippen molar-refractivity contribution in [3.8, 4) is 0 Å². The van der Waals surface area contributed by atoms with E-state index in [9.17, 15) is 18.4 Å². The first-order valence-corrected chi connectivity index (χ1v) is 9.17. The van der Waals surface area contributed by atoms with Crippen molar-refractivity contribution in [2.24, 2.45) is 5.73 Å². The number of imidazole rings is 1. The molecule has 5 N–H and O–H groups in total. The molecule has 1 heterocycles. The van der Waals surface area contributed by atoms with Gasteiger partial charge in [0.05, 0.1) is 24.7 Å². The molecule has 29 heavy (non-hydrogen) atoms. The predicted molar refractivity (Wildman–Crippen MR) is 106 cm³/mol. The number of nitrogens with zero attached hydrogens (tertiary/aromatic N) is 1. The second-order valence-corrected chi connectivity index (χ2v) is 7.19. The summed E-state index contributed by atoms with van der Waals surface area (Å²) in [6, 6.07) is 0.961. The number of aromatic amines is 1. The third kappa shape index (κ3) is 5.20. The highest BCUT2D eigenvalue weighted by Crippen LogP contribution is 2.32. The summed E-state index contributed by atoms with van der Waals surface area (Å²) < 4.78 is 29.8. The van der Waals surface area contributed by atoms with Gasteiger partial charge in [-0.25, -0.2) is 8.78 Å². The van der Waals surface area contributed by atoms with Crippen molar-refractivity contribution in [1.82, 2.24) is 14.9 Å². The molecular weight excluding hydrogens is 426 g/mol. The summed E-state index contributed by atoms with van der Waals surface area (Å²) in [5.41, 5.74) is 7.35. The van der Waals surface area contributed by atoms with E-state index < -0.39 is 36.0 Å². The number of nitrogens with one attached hydrogen (secondary N) is 2. The lowest BCUT2D eigenvalue weighted by atomic mass is 9.87. The molecule has 1 amide bonds. The molecule has 3 rings (SSSR count). The van der Waals surface area contributed by atoms with Crippen LogP contribution in [-0.4, -0.2) is 32.6 Å². The average Bonchev–Trinajstić information content (AvgIpc) is 2.98. The Hall–Kier alpha value is -2.30. The number of hydrogen-bond donors (Lipinski definition) is 4. The number of carboxylic acid groups (broad SMARTS) is 1. The van der Waals surface area contributed by atoms with Crippen LogP contribution in [-0.2, 0) is 29.0 Å². The topological polar surface area (TPSA) is 113 Å². The maximum Gasteiger partial charge on any atom is 0.305 e. The fraction of sp³-hybridized carbons (Fsp3) is 0.389. The molecule has 0 saturated carbocycles. The van der Waals surface area contributed by atoms with E-state index in [1.807, 2.05) is 4.57 Å². The lowest BCUT2D eigenvalue weighted by Gasteiger charge is -2.27. The summed E-state index contributed by atoms with van der Waals surface area (Å²) in [6.45, 7) is 0.0974. The molecule has 0 radical (unpaired) electrons. The van der Waals surface area contributed by atoms with Crippen LogP contribution in [0.1, 0.15) is 35.7 Å². The van der Waals surface area contributed by atoms with Gasteiger partial charge in [-0.1, -0.05) is 0 Å². The van der Waals surface area contributed by atoms with E-state index in [4.69, 9.17) is 23.1 Å². The zero-order chi connectivity index (χ0) is 20.4. The fourth-order valence-corrected chi connectivity index (χ4v) is 3.87. The number of rotatable bonds is 6. The zero-order valence-electron chi connectivity index (χ0n) is 15.3. The first kappa shape index (κ1) is 23.0. The van der Waals surface area contributed by atoms with Gasteiger partial charge in [0.15, 0.2) is 4.77 Å². The molecular formula is C18H21ClF2N4O3S. The number of aliphatic carboxylic acids is 1. The second-order valence-electron chi connectivity index (χ2n) is 6.80. The van der Waals surface area contributed by atoms with Crippen molar-refractivity contribution in [2.45, 2.75) is 44.3 Å². The van der Waals surface area contributed by atoms with Crippen LogP contribution in [0.5, 0.6) is 0 Å². The third-order valence-electron chi connectivity index (χ3n) is 4.87. The molecule has 0 saturated heterocycles. The minimum absolute atomic E-state index is 0. The summed E-state index contributed by atoms with van der Waals surface area (Å²) in [6.07, 6.45) is 2.65. The molecule has 1 aliphatic rings. The van der Waals surface area contributed by atoms with Gasteiger partial charge in [-0.15, -0.1) is 12.4 Å². The summed E-state index contributed by atoms with van der Waals surface area (Å²) in [5, 5.41) is 11.3. The van der Waals surface area contributed by atoms with Crippen LogP contribution < -0.4 is 11.1 Å². The Balaban J connectivity index is 0.00000300. The molecule has 2 aromatic rings. The van der Waals surface area contributed by atoms with Gasteiger partial charge in [0, 0.05) is 18.3 Å². The number of nitrogens with two attached hydrogens (primary N) is 1. The van der Waals surface area contributed by atoms with Gasteiger partial charge in [-0.05, 0) is 48.7 Å². The van der Waals surface area contributed by atoms with Gasteiger partial charge in [0.1, 0.15) is 11.6 Å². The van der Waals surface area contributed by atoms with Gasteiger partial charge >= 0.3 is 5.97 Å². The molecule has 0 bridgehead atoms. The number of benzene rings is 1. The van der Waals surface area contributed by atoms with Gasteiger partial charge in [-0.3, -0.25) is 9.59 Å². The monoisotopic (exact) mass is 446 g/mol. The summed E-state index contributed by atoms with van der Waals surface area (Å²) >= 11 is 5.34. The maximum atomic E-state index is 14.0. The van der Waals surface area contributed by atoms with Crippen molar-refractivity contribution in [2.75, 3.05) is 0 Å². The highest BCUT2D eigenvalue weighted by molar-refractivity contribution is 7.71. The van der Waals surface area contributed by atoms with Crippen LogP contribution in [0.25, 0.3) is 0 Å². The lowest BCUT2D eigenvalue weighted by molar-refractivity contribution is -0.139. The molecule has 1 aromatic carbocycles. The van der Waals surface area contributed by atoms with E-state index in [2.05, 4.69) is 10.3 Å². The number of amides is 1. The van der Waals surface area contributed by atoms with Crippen molar-refractivity contribution >= 4 is 36.5 Å². The van der Waals surface area contributed by atoms with Crippen LogP contribution >= 0.6 is 24.6 Å². The Morgan fingerprint density at radius 2 is 2.14 bits per heavy atom. The number of fused-ring (bicyclic) bond motifs is 1. The summed E-state index contributed by atoms with van der Waals surface area (Å²) in [5.74, 6) is -2.90. The maximum absolute atomic E-state index is 14.0. The van der Waals surface area contributed by atoms with E-state index in [-0.39, 0.29) is 25.0 Å². The third-order valence-corrected chi connectivity index (χ3v) is 5.18. The molecule has 1 aromatic heterocycles. The summed E-state index contributed by atoms with van der Waals surface area (Å²) in [4.78, 5) is 25.5.